The van der Waals surface area contributed by atoms with Crippen LogP contribution in [0.1, 0.15) is 11.1 Å². The van der Waals surface area contributed by atoms with Gasteiger partial charge in [-0.15, -0.1) is 0 Å². The number of aromatic nitrogens is 1. The van der Waals surface area contributed by atoms with E-state index in [1.54, 1.807) is 0 Å². The summed E-state index contributed by atoms with van der Waals surface area (Å²) in [5.41, 5.74) is 7.52. The van der Waals surface area contributed by atoms with Gasteiger partial charge in [0.25, 0.3) is 5.91 Å². The zero-order valence-electron chi connectivity index (χ0n) is 17.4. The van der Waals surface area contributed by atoms with Crippen LogP contribution in [0.4, 0.5) is 0 Å². The maximum absolute atomic E-state index is 12.4. The number of hydrogen-bond donors (Lipinski definition) is 1. The third-order valence-corrected chi connectivity index (χ3v) is 6.53. The normalized spacial score (nSPS) is 14.7. The molecular weight excluding hydrogens is 432 g/mol. The number of carbonyl (C=O) groups excluding carboxylic acids is 1. The number of carbonyl (C=O) groups is 1. The van der Waals surface area contributed by atoms with Crippen molar-refractivity contribution in [3.05, 3.63) is 107 Å². The summed E-state index contributed by atoms with van der Waals surface area (Å²) < 4.78 is 2.76. The predicted octanol–water partition coefficient (Wildman–Crippen LogP) is 6.61. The lowest BCUT2D eigenvalue weighted by molar-refractivity contribution is -0.115. The second-order valence-corrected chi connectivity index (χ2v) is 9.31. The minimum atomic E-state index is -0.150. The fourth-order valence-corrected chi connectivity index (χ4v) is 4.91. The van der Waals surface area contributed by atoms with Gasteiger partial charge in [0.1, 0.15) is 4.32 Å². The molecule has 0 aliphatic carbocycles. The number of benzene rings is 3. The smallest absolute Gasteiger partial charge is 0.263 e. The van der Waals surface area contributed by atoms with Crippen LogP contribution in [0.25, 0.3) is 34.3 Å². The summed E-state index contributed by atoms with van der Waals surface area (Å²) in [6, 6.07) is 31.3. The van der Waals surface area contributed by atoms with Gasteiger partial charge in [-0.2, -0.15) is 0 Å². The molecule has 4 aromatic rings. The number of rotatable bonds is 4. The topological polar surface area (TPSA) is 34.0 Å². The maximum Gasteiger partial charge on any atom is 0.263 e. The summed E-state index contributed by atoms with van der Waals surface area (Å²) in [4.78, 5) is 13.0. The van der Waals surface area contributed by atoms with Gasteiger partial charge < -0.3 is 9.88 Å². The van der Waals surface area contributed by atoms with Crippen molar-refractivity contribution in [3.63, 3.8) is 0 Å². The molecule has 156 valence electrons. The van der Waals surface area contributed by atoms with Crippen LogP contribution in [0, 0.1) is 6.92 Å². The number of thiocarbonyl (C=S) groups is 1. The number of hydrogen-bond acceptors (Lipinski definition) is 3. The molecule has 1 aromatic heterocycles. The van der Waals surface area contributed by atoms with Gasteiger partial charge in [0.05, 0.1) is 16.3 Å². The van der Waals surface area contributed by atoms with E-state index in [9.17, 15) is 4.79 Å². The Hall–Kier alpha value is -3.41. The first-order chi connectivity index (χ1) is 15.6. The van der Waals surface area contributed by atoms with Crippen molar-refractivity contribution in [2.75, 3.05) is 0 Å². The highest BCUT2D eigenvalue weighted by atomic mass is 32.2. The molecule has 0 saturated carbocycles. The van der Waals surface area contributed by atoms with E-state index in [1.807, 2.05) is 42.5 Å². The largest absolute Gasteiger partial charge is 0.309 e. The molecule has 32 heavy (non-hydrogen) atoms. The molecule has 3 aromatic carbocycles. The number of amides is 1. The lowest BCUT2D eigenvalue weighted by Crippen LogP contribution is -2.17. The van der Waals surface area contributed by atoms with Crippen molar-refractivity contribution in [2.45, 2.75) is 6.92 Å². The Labute approximate surface area is 196 Å². The fraction of sp³-hybridized carbons (Fsp3) is 0.0370. The molecule has 1 N–H and O–H groups in total. The molecule has 0 radical (unpaired) electrons. The summed E-state index contributed by atoms with van der Waals surface area (Å²) in [5.74, 6) is -0.150. The van der Waals surface area contributed by atoms with Gasteiger partial charge in [-0.05, 0) is 42.3 Å². The van der Waals surface area contributed by atoms with E-state index in [2.05, 4.69) is 71.4 Å². The Morgan fingerprint density at radius 1 is 0.875 bits per heavy atom. The highest BCUT2D eigenvalue weighted by molar-refractivity contribution is 8.26. The third-order valence-electron chi connectivity index (χ3n) is 5.37. The molecular formula is C27H20N2OS2. The first-order valence-electron chi connectivity index (χ1n) is 10.3. The lowest BCUT2D eigenvalue weighted by atomic mass is 10.1. The monoisotopic (exact) mass is 452 g/mol. The molecule has 1 aliphatic rings. The summed E-state index contributed by atoms with van der Waals surface area (Å²) in [6.45, 7) is 2.09. The number of thioether (sulfide) groups is 1. The molecule has 0 atom stereocenters. The van der Waals surface area contributed by atoms with Gasteiger partial charge in [-0.25, -0.2) is 0 Å². The van der Waals surface area contributed by atoms with Crippen LogP contribution in [-0.2, 0) is 4.79 Å². The standard InChI is InChI=1S/C27H20N2OS2/c1-18-12-14-22(15-13-18)29-23(19-8-4-2-5-9-19)16-21(17-24-26(30)28-27(31)32-24)25(29)20-10-6-3-7-11-20/h2-17H,1H3,(H,28,30,31)/b24-17+. The van der Waals surface area contributed by atoms with Crippen molar-refractivity contribution in [1.82, 2.24) is 9.88 Å². The molecule has 1 amide bonds. The maximum atomic E-state index is 12.4. The molecule has 5 heteroatoms. The molecule has 0 unspecified atom stereocenters. The summed E-state index contributed by atoms with van der Waals surface area (Å²) in [5, 5.41) is 2.72. The molecule has 3 nitrogen and oxygen atoms in total. The second kappa shape index (κ2) is 8.61. The minimum absolute atomic E-state index is 0.150. The van der Waals surface area contributed by atoms with E-state index >= 15 is 0 Å². The summed E-state index contributed by atoms with van der Waals surface area (Å²) in [7, 11) is 0. The Balaban J connectivity index is 1.83. The van der Waals surface area contributed by atoms with Crippen LogP contribution < -0.4 is 5.32 Å². The van der Waals surface area contributed by atoms with E-state index in [0.29, 0.717) is 9.23 Å². The Morgan fingerprint density at radius 2 is 1.50 bits per heavy atom. The van der Waals surface area contributed by atoms with Crippen LogP contribution in [0.3, 0.4) is 0 Å². The van der Waals surface area contributed by atoms with Gasteiger partial charge >= 0.3 is 0 Å². The molecule has 1 fully saturated rings. The summed E-state index contributed by atoms with van der Waals surface area (Å²) >= 11 is 6.50. The van der Waals surface area contributed by atoms with Gasteiger partial charge in [-0.3, -0.25) is 4.79 Å². The third kappa shape index (κ3) is 3.93. The van der Waals surface area contributed by atoms with Gasteiger partial charge in [0.15, 0.2) is 0 Å². The average molecular weight is 453 g/mol. The number of nitrogens with one attached hydrogen (secondary N) is 1. The van der Waals surface area contributed by atoms with Crippen LogP contribution in [0.5, 0.6) is 0 Å². The van der Waals surface area contributed by atoms with Crippen LogP contribution in [0.15, 0.2) is 95.9 Å². The second-order valence-electron chi connectivity index (χ2n) is 7.59. The Kier molecular flexibility index (Phi) is 5.52. The lowest BCUT2D eigenvalue weighted by Gasteiger charge is -2.15. The Morgan fingerprint density at radius 3 is 2.09 bits per heavy atom. The van der Waals surface area contributed by atoms with E-state index < -0.39 is 0 Å². The van der Waals surface area contributed by atoms with E-state index in [-0.39, 0.29) is 5.91 Å². The molecule has 2 heterocycles. The zero-order chi connectivity index (χ0) is 22.1. The van der Waals surface area contributed by atoms with E-state index in [1.165, 1.54) is 17.3 Å². The Bertz CT molecular complexity index is 1340. The van der Waals surface area contributed by atoms with Crippen molar-refractivity contribution in [3.8, 4) is 28.2 Å². The fourth-order valence-electron chi connectivity index (χ4n) is 3.88. The highest BCUT2D eigenvalue weighted by Crippen LogP contribution is 2.38. The number of aryl methyl sites for hydroxylation is 1. The SMILES string of the molecule is Cc1ccc(-n2c(-c3ccccc3)cc(/C=C3/SC(=S)NC3=O)c2-c2ccccc2)cc1. The first kappa shape index (κ1) is 20.5. The van der Waals surface area contributed by atoms with Gasteiger partial charge in [0.2, 0.25) is 0 Å². The molecule has 0 spiro atoms. The van der Waals surface area contributed by atoms with Crippen molar-refractivity contribution >= 4 is 40.3 Å². The van der Waals surface area contributed by atoms with Crippen LogP contribution >= 0.6 is 24.0 Å². The molecule has 5 rings (SSSR count). The molecule has 1 saturated heterocycles. The van der Waals surface area contributed by atoms with Crippen LogP contribution in [0.2, 0.25) is 0 Å². The van der Waals surface area contributed by atoms with Gasteiger partial charge in [0, 0.05) is 11.3 Å². The van der Waals surface area contributed by atoms with E-state index in [0.717, 1.165) is 33.8 Å². The predicted molar refractivity (Wildman–Crippen MR) is 138 cm³/mol. The van der Waals surface area contributed by atoms with Crippen molar-refractivity contribution in [2.24, 2.45) is 0 Å². The van der Waals surface area contributed by atoms with Crippen LogP contribution in [-0.4, -0.2) is 14.8 Å². The number of nitrogens with zero attached hydrogens (tertiary/aromatic N) is 1. The highest BCUT2D eigenvalue weighted by Gasteiger charge is 2.25. The minimum Gasteiger partial charge on any atom is -0.309 e. The zero-order valence-corrected chi connectivity index (χ0v) is 19.0. The summed E-state index contributed by atoms with van der Waals surface area (Å²) in [6.07, 6.45) is 1.94. The quantitative estimate of drug-likeness (QED) is 0.279. The average Bonchev–Trinajstić information content (AvgIpc) is 3.34. The van der Waals surface area contributed by atoms with Crippen molar-refractivity contribution in [1.29, 1.82) is 0 Å². The molecule has 1 aliphatic heterocycles. The van der Waals surface area contributed by atoms with Gasteiger partial charge in [-0.1, -0.05) is 102 Å². The first-order valence-corrected chi connectivity index (χ1v) is 11.5. The van der Waals surface area contributed by atoms with E-state index in [4.69, 9.17) is 12.2 Å². The molecule has 0 bridgehead atoms. The van der Waals surface area contributed by atoms with Crippen molar-refractivity contribution < 1.29 is 4.79 Å².